The van der Waals surface area contributed by atoms with Gasteiger partial charge in [-0.3, -0.25) is 9.59 Å². The Labute approximate surface area is 444 Å². The Morgan fingerprint density at radius 1 is 0.559 bits per heavy atom. The molecule has 8 aromatic rings. The van der Waals surface area contributed by atoms with Gasteiger partial charge in [-0.05, 0) is 148 Å². The van der Waals surface area contributed by atoms with Crippen molar-refractivity contribution >= 4 is 167 Å². The molecule has 0 fully saturated rings. The van der Waals surface area contributed by atoms with E-state index in [0.29, 0.717) is 36.1 Å². The predicted molar refractivity (Wildman–Crippen MR) is 309 cm³/mol. The summed E-state index contributed by atoms with van der Waals surface area (Å²) in [5.41, 5.74) is 5.46. The second-order valence-corrected chi connectivity index (χ2v) is 28.2. The van der Waals surface area contributed by atoms with Crippen LogP contribution in [0.1, 0.15) is 103 Å². The lowest BCUT2D eigenvalue weighted by Gasteiger charge is -2.29. The van der Waals surface area contributed by atoms with Gasteiger partial charge >= 0.3 is 0 Å². The molecule has 0 aliphatic carbocycles. The van der Waals surface area contributed by atoms with Gasteiger partial charge in [0.2, 0.25) is 0 Å². The van der Waals surface area contributed by atoms with E-state index in [2.05, 4.69) is 151 Å². The molecule has 68 heavy (non-hydrogen) atoms. The molecule has 2 amide bonds. The van der Waals surface area contributed by atoms with Gasteiger partial charge in [0.25, 0.3) is 11.8 Å². The van der Waals surface area contributed by atoms with Gasteiger partial charge in [0.05, 0.1) is 39.9 Å². The van der Waals surface area contributed by atoms with Crippen molar-refractivity contribution in [3.8, 4) is 30.6 Å². The first-order chi connectivity index (χ1) is 33.1. The van der Waals surface area contributed by atoms with Gasteiger partial charge in [-0.15, -0.1) is 79.4 Å². The molecule has 9 heterocycles. The average molecular weight is 1160 g/mol. The Kier molecular flexibility index (Phi) is 14.8. The highest BCUT2D eigenvalue weighted by Gasteiger charge is 2.50. The largest absolute Gasteiger partial charge is 0.306 e. The van der Waals surface area contributed by atoms with Crippen LogP contribution in [-0.4, -0.2) is 34.7 Å². The summed E-state index contributed by atoms with van der Waals surface area (Å²) in [5.74, 6) is 0.685. The van der Waals surface area contributed by atoms with Crippen molar-refractivity contribution in [1.29, 1.82) is 0 Å². The zero-order valence-corrected chi connectivity index (χ0v) is 47.6. The van der Waals surface area contributed by atoms with Crippen molar-refractivity contribution in [3.05, 3.63) is 121 Å². The minimum Gasteiger partial charge on any atom is -0.306 e. The second kappa shape index (κ2) is 20.8. The number of rotatable bonds is 19. The Hall–Kier alpha value is -3.24. The maximum absolute atomic E-state index is 15.0. The second-order valence-electron chi connectivity index (χ2n) is 17.7. The molecule has 0 spiro atoms. The summed E-state index contributed by atoms with van der Waals surface area (Å²) >= 11 is 20.1. The molecule has 1 aromatic carbocycles. The molecule has 13 heteroatoms. The number of unbranched alkanes of at least 4 members (excludes halogenated alkanes) is 2. The van der Waals surface area contributed by atoms with Gasteiger partial charge in [0, 0.05) is 78.5 Å². The first kappa shape index (κ1) is 48.4. The van der Waals surface area contributed by atoms with Crippen LogP contribution >= 0.6 is 111 Å². The van der Waals surface area contributed by atoms with Crippen molar-refractivity contribution < 1.29 is 9.59 Å². The topological polar surface area (TPSA) is 40.6 Å². The van der Waals surface area contributed by atoms with Gasteiger partial charge in [0.15, 0.2) is 0 Å². The molecule has 0 bridgehead atoms. The lowest BCUT2D eigenvalue weighted by molar-refractivity contribution is -0.124. The van der Waals surface area contributed by atoms with Crippen molar-refractivity contribution in [2.45, 2.75) is 86.0 Å². The van der Waals surface area contributed by atoms with Crippen LogP contribution in [0.3, 0.4) is 0 Å². The number of carbonyl (C=O) groups excluding carboxylic acids is 2. The van der Waals surface area contributed by atoms with E-state index in [1.54, 1.807) is 34.0 Å². The first-order valence-electron chi connectivity index (χ1n) is 23.6. The maximum Gasteiger partial charge on any atom is 0.261 e. The van der Waals surface area contributed by atoms with Gasteiger partial charge in [0.1, 0.15) is 0 Å². The number of fused-ring (bicyclic) bond motifs is 3. The van der Waals surface area contributed by atoms with E-state index in [1.165, 1.54) is 60.6 Å². The Bertz CT molecular complexity index is 3200. The molecule has 2 atom stereocenters. The standard InChI is InChI=1S/C55H52Br2N2O2S7/c1-6-10-13-32(8-3)29-58-50(42-15-12-26-62-42)48-49(55(58)61)51(59(54(48)60)30-33(9-4)14-11-7-2)43-25-24-39(66-43)38-22-19-34(64-38)17-18-35-20-23-41(65-35)47-37-28-45(57)67-52(37)46(40-21-16-31(5)63-40)36-27-44(56)68-53(36)47/h12,15-28,32-33H,6-11,13-14,29-30H2,1-5H3/b18-17+. The Morgan fingerprint density at radius 3 is 1.56 bits per heavy atom. The van der Waals surface area contributed by atoms with E-state index in [1.807, 2.05) is 61.2 Å². The molecule has 0 saturated heterocycles. The lowest BCUT2D eigenvalue weighted by Crippen LogP contribution is -2.34. The fraction of sp³-hybridized carbons (Fsp3) is 0.309. The number of aryl methyl sites for hydroxylation is 1. The van der Waals surface area contributed by atoms with Crippen LogP contribution in [0, 0.1) is 18.8 Å². The molecule has 7 aromatic heterocycles. The first-order valence-corrected chi connectivity index (χ1v) is 31.0. The third-order valence-electron chi connectivity index (χ3n) is 13.3. The van der Waals surface area contributed by atoms with Crippen LogP contribution in [0.4, 0.5) is 0 Å². The minimum absolute atomic E-state index is 0.0215. The quantitative estimate of drug-likeness (QED) is 0.0810. The summed E-state index contributed by atoms with van der Waals surface area (Å²) in [6.45, 7) is 12.4. The highest BCUT2D eigenvalue weighted by Crippen LogP contribution is 2.54. The van der Waals surface area contributed by atoms with E-state index in [9.17, 15) is 0 Å². The summed E-state index contributed by atoms with van der Waals surface area (Å²) in [6.07, 6.45) is 13.1. The van der Waals surface area contributed by atoms with E-state index in [0.717, 1.165) is 85.0 Å². The summed E-state index contributed by atoms with van der Waals surface area (Å²) in [6, 6.07) is 26.5. The molecule has 4 nitrogen and oxygen atoms in total. The van der Waals surface area contributed by atoms with Crippen LogP contribution in [0.15, 0.2) is 96.9 Å². The van der Waals surface area contributed by atoms with Crippen LogP contribution in [0.5, 0.6) is 0 Å². The van der Waals surface area contributed by atoms with Gasteiger partial charge in [-0.2, -0.15) is 0 Å². The van der Waals surface area contributed by atoms with Crippen LogP contribution in [0.2, 0.25) is 0 Å². The van der Waals surface area contributed by atoms with E-state index in [4.69, 9.17) is 0 Å². The molecule has 2 aliphatic heterocycles. The van der Waals surface area contributed by atoms with Crippen LogP contribution in [0.25, 0.3) is 74.4 Å². The van der Waals surface area contributed by atoms with Gasteiger partial charge in [-0.1, -0.05) is 72.3 Å². The highest BCUT2D eigenvalue weighted by atomic mass is 79.9. The van der Waals surface area contributed by atoms with E-state index in [-0.39, 0.29) is 11.8 Å². The van der Waals surface area contributed by atoms with Crippen LogP contribution < -0.4 is 0 Å². The number of halogens is 2. The zero-order chi connectivity index (χ0) is 47.2. The van der Waals surface area contributed by atoms with Crippen molar-refractivity contribution in [3.63, 3.8) is 0 Å². The number of thiophene rings is 7. The Morgan fingerprint density at radius 2 is 1.04 bits per heavy atom. The molecular formula is C55H52Br2N2O2S7. The fourth-order valence-corrected chi connectivity index (χ4v) is 18.0. The Balaban J connectivity index is 0.966. The van der Waals surface area contributed by atoms with E-state index < -0.39 is 0 Å². The lowest BCUT2D eigenvalue weighted by atomic mass is 9.98. The number of hydrogen-bond donors (Lipinski definition) is 0. The fourth-order valence-electron chi connectivity index (χ4n) is 9.70. The SMILES string of the molecule is CCCCC(CC)CN1C(=O)C2=C(c3ccc(-c4ccc(/C=C/c5ccc(-c6c7cc(Br)sc7c(-c7ccc(C)s7)c7cc(Br)sc67)s5)s4)s3)N(CC(CC)CCCC)C(=O)C2=C1c1cccs1. The van der Waals surface area contributed by atoms with Crippen molar-refractivity contribution in [1.82, 2.24) is 9.80 Å². The zero-order valence-electron chi connectivity index (χ0n) is 38.7. The van der Waals surface area contributed by atoms with Gasteiger partial charge < -0.3 is 9.80 Å². The maximum atomic E-state index is 15.0. The number of benzene rings is 1. The third kappa shape index (κ3) is 9.26. The monoisotopic (exact) mass is 1150 g/mol. The van der Waals surface area contributed by atoms with Gasteiger partial charge in [-0.25, -0.2) is 0 Å². The highest BCUT2D eigenvalue weighted by molar-refractivity contribution is 9.11. The van der Waals surface area contributed by atoms with Crippen LogP contribution in [-0.2, 0) is 9.59 Å². The number of amides is 2. The molecule has 10 rings (SSSR count). The third-order valence-corrected chi connectivity index (χ3v) is 21.9. The normalized spacial score (nSPS) is 15.3. The number of hydrogen-bond acceptors (Lipinski definition) is 9. The average Bonchev–Trinajstić information content (AvgIpc) is 4.18. The van der Waals surface area contributed by atoms with Crippen molar-refractivity contribution in [2.75, 3.05) is 13.1 Å². The van der Waals surface area contributed by atoms with Crippen molar-refractivity contribution in [2.24, 2.45) is 11.8 Å². The minimum atomic E-state index is -0.0215. The molecule has 0 saturated carbocycles. The number of carbonyl (C=O) groups is 2. The summed E-state index contributed by atoms with van der Waals surface area (Å²) in [4.78, 5) is 44.5. The molecule has 0 N–H and O–H groups in total. The summed E-state index contributed by atoms with van der Waals surface area (Å²) < 4.78 is 4.92. The predicted octanol–water partition coefficient (Wildman–Crippen LogP) is 19.7. The molecule has 2 aliphatic rings. The summed E-state index contributed by atoms with van der Waals surface area (Å²) in [7, 11) is 0. The summed E-state index contributed by atoms with van der Waals surface area (Å²) in [5, 5.41) is 4.65. The molecule has 0 radical (unpaired) electrons. The van der Waals surface area contributed by atoms with E-state index >= 15 is 9.59 Å². The smallest absolute Gasteiger partial charge is 0.261 e. The molecule has 350 valence electrons. The molecular weight excluding hydrogens is 1100 g/mol. The number of nitrogens with zero attached hydrogens (tertiary/aromatic N) is 2. The molecule has 2 unspecified atom stereocenters.